The molecule has 0 radical (unpaired) electrons. The Kier molecular flexibility index (Phi) is 2.86. The van der Waals surface area contributed by atoms with Gasteiger partial charge in [-0.15, -0.1) is 0 Å². The van der Waals surface area contributed by atoms with Crippen molar-refractivity contribution in [2.24, 2.45) is 5.41 Å². The topological polar surface area (TPSA) is 40.5 Å². The lowest BCUT2D eigenvalue weighted by molar-refractivity contribution is 0.101. The van der Waals surface area contributed by atoms with Crippen LogP contribution in [0.4, 0.5) is 5.69 Å². The number of anilines is 1. The normalized spacial score (nSPS) is 18.4. The summed E-state index contributed by atoms with van der Waals surface area (Å²) in [6.45, 7) is 7.96. The van der Waals surface area contributed by atoms with E-state index >= 15 is 0 Å². The predicted molar refractivity (Wildman–Crippen MR) is 68.7 cm³/mol. The molecule has 3 heteroatoms. The molecule has 1 aromatic rings. The van der Waals surface area contributed by atoms with Crippen LogP contribution in [-0.4, -0.2) is 24.0 Å². The fraction of sp³-hybridized carbons (Fsp3) is 0.500. The number of hydrogen-bond donors (Lipinski definition) is 1. The quantitative estimate of drug-likeness (QED) is 0.798. The molecule has 92 valence electrons. The second kappa shape index (κ2) is 4.06. The molecular weight excluding hydrogens is 214 g/mol. The van der Waals surface area contributed by atoms with Crippen LogP contribution in [0.1, 0.15) is 37.6 Å². The van der Waals surface area contributed by atoms with Crippen molar-refractivity contribution in [1.82, 2.24) is 0 Å². The Labute approximate surface area is 102 Å². The maximum absolute atomic E-state index is 11.2. The van der Waals surface area contributed by atoms with Crippen molar-refractivity contribution in [2.45, 2.75) is 27.2 Å². The van der Waals surface area contributed by atoms with Crippen LogP contribution in [0.3, 0.4) is 0 Å². The number of aromatic hydroxyl groups is 1. The molecule has 0 unspecified atom stereocenters. The highest BCUT2D eigenvalue weighted by atomic mass is 16.3. The summed E-state index contributed by atoms with van der Waals surface area (Å²) in [6.07, 6.45) is 1.15. The summed E-state index contributed by atoms with van der Waals surface area (Å²) < 4.78 is 0. The molecule has 1 saturated heterocycles. The molecule has 1 aromatic carbocycles. The number of Topliss-reactive ketones (excluding diaryl/α,β-unsaturated/α-hetero) is 1. The summed E-state index contributed by atoms with van der Waals surface area (Å²) in [5.41, 5.74) is 1.72. The number of rotatable bonds is 2. The van der Waals surface area contributed by atoms with E-state index < -0.39 is 0 Å². The first-order valence-electron chi connectivity index (χ1n) is 5.98. The Bertz CT molecular complexity index is 452. The minimum absolute atomic E-state index is 0.0831. The largest absolute Gasteiger partial charge is 0.507 e. The number of phenolic OH excluding ortho intramolecular Hbond substituents is 1. The lowest BCUT2D eigenvalue weighted by atomic mass is 9.93. The number of phenols is 1. The smallest absolute Gasteiger partial charge is 0.163 e. The van der Waals surface area contributed by atoms with Gasteiger partial charge in [0.15, 0.2) is 5.78 Å². The molecule has 1 aliphatic heterocycles. The Morgan fingerprint density at radius 2 is 2.12 bits per heavy atom. The molecule has 0 aromatic heterocycles. The van der Waals surface area contributed by atoms with Crippen LogP contribution in [0, 0.1) is 5.41 Å². The first-order chi connectivity index (χ1) is 7.89. The van der Waals surface area contributed by atoms with Crippen LogP contribution in [0.25, 0.3) is 0 Å². The SMILES string of the molecule is CC(=O)c1ccc(N2CCC(C)(C)C2)cc1O. The highest BCUT2D eigenvalue weighted by molar-refractivity contribution is 5.97. The summed E-state index contributed by atoms with van der Waals surface area (Å²) in [4.78, 5) is 13.5. The number of hydrogen-bond acceptors (Lipinski definition) is 3. The number of carbonyl (C=O) groups is 1. The van der Waals surface area contributed by atoms with E-state index in [-0.39, 0.29) is 11.5 Å². The fourth-order valence-electron chi connectivity index (χ4n) is 2.35. The van der Waals surface area contributed by atoms with Gasteiger partial charge in [-0.1, -0.05) is 13.8 Å². The van der Waals surface area contributed by atoms with Gasteiger partial charge in [-0.05, 0) is 30.9 Å². The Hall–Kier alpha value is -1.51. The average molecular weight is 233 g/mol. The highest BCUT2D eigenvalue weighted by Crippen LogP contribution is 2.34. The van der Waals surface area contributed by atoms with E-state index in [2.05, 4.69) is 18.7 Å². The van der Waals surface area contributed by atoms with E-state index in [1.54, 1.807) is 12.1 Å². The van der Waals surface area contributed by atoms with Crippen molar-refractivity contribution in [3.8, 4) is 5.75 Å². The van der Waals surface area contributed by atoms with Crippen LogP contribution in [0.5, 0.6) is 5.75 Å². The van der Waals surface area contributed by atoms with Gasteiger partial charge in [0.1, 0.15) is 5.75 Å². The summed E-state index contributed by atoms with van der Waals surface area (Å²) >= 11 is 0. The van der Waals surface area contributed by atoms with Gasteiger partial charge >= 0.3 is 0 Å². The van der Waals surface area contributed by atoms with E-state index in [4.69, 9.17) is 0 Å². The van der Waals surface area contributed by atoms with Crippen LogP contribution < -0.4 is 4.90 Å². The molecule has 17 heavy (non-hydrogen) atoms. The van der Waals surface area contributed by atoms with Gasteiger partial charge < -0.3 is 10.0 Å². The molecule has 1 heterocycles. The molecule has 1 aliphatic rings. The zero-order valence-electron chi connectivity index (χ0n) is 10.7. The van der Waals surface area contributed by atoms with Gasteiger partial charge in [0.2, 0.25) is 0 Å². The van der Waals surface area contributed by atoms with Gasteiger partial charge in [-0.2, -0.15) is 0 Å². The molecule has 0 spiro atoms. The zero-order valence-corrected chi connectivity index (χ0v) is 10.7. The monoisotopic (exact) mass is 233 g/mol. The van der Waals surface area contributed by atoms with Crippen molar-refractivity contribution >= 4 is 11.5 Å². The number of nitrogens with zero attached hydrogens (tertiary/aromatic N) is 1. The molecule has 0 atom stereocenters. The maximum Gasteiger partial charge on any atom is 0.163 e. The molecule has 2 rings (SSSR count). The van der Waals surface area contributed by atoms with E-state index in [0.717, 1.165) is 25.2 Å². The van der Waals surface area contributed by atoms with Gasteiger partial charge in [-0.25, -0.2) is 0 Å². The van der Waals surface area contributed by atoms with Crippen LogP contribution in [0.15, 0.2) is 18.2 Å². The van der Waals surface area contributed by atoms with Gasteiger partial charge in [-0.3, -0.25) is 4.79 Å². The van der Waals surface area contributed by atoms with Gasteiger partial charge in [0.25, 0.3) is 0 Å². The maximum atomic E-state index is 11.2. The Balaban J connectivity index is 2.24. The van der Waals surface area contributed by atoms with Crippen molar-refractivity contribution in [1.29, 1.82) is 0 Å². The van der Waals surface area contributed by atoms with Crippen LogP contribution in [-0.2, 0) is 0 Å². The number of carbonyl (C=O) groups excluding carboxylic acids is 1. The molecule has 0 saturated carbocycles. The molecule has 1 N–H and O–H groups in total. The van der Waals surface area contributed by atoms with Crippen molar-refractivity contribution in [2.75, 3.05) is 18.0 Å². The predicted octanol–water partition coefficient (Wildman–Crippen LogP) is 2.83. The molecule has 1 fully saturated rings. The number of ketones is 1. The van der Waals surface area contributed by atoms with E-state index in [1.165, 1.54) is 6.92 Å². The minimum Gasteiger partial charge on any atom is -0.507 e. The molecular formula is C14H19NO2. The summed E-state index contributed by atoms with van der Waals surface area (Å²) in [5, 5.41) is 9.80. The highest BCUT2D eigenvalue weighted by Gasteiger charge is 2.29. The fourth-order valence-corrected chi connectivity index (χ4v) is 2.35. The Morgan fingerprint density at radius 1 is 1.41 bits per heavy atom. The summed E-state index contributed by atoms with van der Waals surface area (Å²) in [6, 6.07) is 5.31. The average Bonchev–Trinajstić information content (AvgIpc) is 2.58. The summed E-state index contributed by atoms with van der Waals surface area (Å²) in [7, 11) is 0. The molecule has 0 bridgehead atoms. The van der Waals surface area contributed by atoms with Crippen LogP contribution >= 0.6 is 0 Å². The van der Waals surface area contributed by atoms with Gasteiger partial charge in [0.05, 0.1) is 5.56 Å². The molecule has 0 aliphatic carbocycles. The standard InChI is InChI=1S/C14H19NO2/c1-10(16)12-5-4-11(8-13(12)17)15-7-6-14(2,3)9-15/h4-5,8,17H,6-7,9H2,1-3H3. The van der Waals surface area contributed by atoms with Crippen molar-refractivity contribution in [3.63, 3.8) is 0 Å². The Morgan fingerprint density at radius 3 is 2.59 bits per heavy atom. The summed E-state index contributed by atoms with van der Waals surface area (Å²) in [5.74, 6) is -0.0180. The second-order valence-electron chi connectivity index (χ2n) is 5.59. The lowest BCUT2D eigenvalue weighted by Crippen LogP contribution is -2.22. The van der Waals surface area contributed by atoms with Crippen molar-refractivity contribution in [3.05, 3.63) is 23.8 Å². The van der Waals surface area contributed by atoms with Crippen molar-refractivity contribution < 1.29 is 9.90 Å². The second-order valence-corrected chi connectivity index (χ2v) is 5.59. The number of benzene rings is 1. The first-order valence-corrected chi connectivity index (χ1v) is 5.98. The molecule has 0 amide bonds. The van der Waals surface area contributed by atoms with E-state index in [9.17, 15) is 9.90 Å². The van der Waals surface area contributed by atoms with Crippen LogP contribution in [0.2, 0.25) is 0 Å². The lowest BCUT2D eigenvalue weighted by Gasteiger charge is -2.22. The van der Waals surface area contributed by atoms with Gasteiger partial charge in [0, 0.05) is 24.8 Å². The zero-order chi connectivity index (χ0) is 12.6. The van der Waals surface area contributed by atoms with E-state index in [0.29, 0.717) is 11.0 Å². The van der Waals surface area contributed by atoms with E-state index in [1.807, 2.05) is 6.07 Å². The first kappa shape index (κ1) is 12.0. The molecule has 3 nitrogen and oxygen atoms in total. The third-order valence-corrected chi connectivity index (χ3v) is 3.40. The third-order valence-electron chi connectivity index (χ3n) is 3.40. The minimum atomic E-state index is -0.101. The third kappa shape index (κ3) is 2.43.